The van der Waals surface area contributed by atoms with Crippen molar-refractivity contribution in [1.29, 1.82) is 0 Å². The Kier molecular flexibility index (Phi) is 12.1. The first-order valence-electron chi connectivity index (χ1n) is 20.7. The number of hydrogen-bond acceptors (Lipinski definition) is 10. The van der Waals surface area contributed by atoms with E-state index < -0.39 is 12.2 Å². The van der Waals surface area contributed by atoms with Gasteiger partial charge < -0.3 is 34.0 Å². The number of aryl methyl sites for hydroxylation is 2. The zero-order chi connectivity index (χ0) is 42.6. The second-order valence-electron chi connectivity index (χ2n) is 15.8. The van der Waals surface area contributed by atoms with E-state index in [0.29, 0.717) is 49.9 Å². The van der Waals surface area contributed by atoms with Gasteiger partial charge in [-0.05, 0) is 41.3 Å². The van der Waals surface area contributed by atoms with Crippen molar-refractivity contribution in [3.8, 4) is 5.75 Å². The van der Waals surface area contributed by atoms with Gasteiger partial charge >= 0.3 is 0 Å². The molecule has 0 aliphatic carbocycles. The maximum absolute atomic E-state index is 14.8. The Morgan fingerprint density at radius 3 is 2.51 bits per heavy atom. The van der Waals surface area contributed by atoms with Crippen molar-refractivity contribution < 1.29 is 29.0 Å². The quantitative estimate of drug-likeness (QED) is 0.174. The Morgan fingerprint density at radius 1 is 0.984 bits per heavy atom. The van der Waals surface area contributed by atoms with Crippen molar-refractivity contribution in [2.45, 2.75) is 44.6 Å². The molecular formula is C46H51N9O6. The predicted molar refractivity (Wildman–Crippen MR) is 229 cm³/mol. The summed E-state index contributed by atoms with van der Waals surface area (Å²) in [7, 11) is 3.64. The Hall–Kier alpha value is -6.58. The van der Waals surface area contributed by atoms with Crippen LogP contribution in [0.5, 0.6) is 5.75 Å². The molecule has 3 fully saturated rings. The topological polar surface area (TPSA) is 148 Å². The lowest BCUT2D eigenvalue weighted by atomic mass is 9.97. The first kappa shape index (κ1) is 41.2. The van der Waals surface area contributed by atoms with Crippen LogP contribution in [-0.2, 0) is 52.1 Å². The third-order valence-corrected chi connectivity index (χ3v) is 11.7. The molecule has 3 aromatic carbocycles. The highest BCUT2D eigenvalue weighted by atomic mass is 16.5. The third kappa shape index (κ3) is 8.70. The second-order valence-corrected chi connectivity index (χ2v) is 15.8. The van der Waals surface area contributed by atoms with E-state index in [1.54, 1.807) is 68.3 Å². The molecule has 316 valence electrons. The number of hydrogen-bond donors (Lipinski definition) is 1. The van der Waals surface area contributed by atoms with Crippen molar-refractivity contribution in [2.75, 3.05) is 57.9 Å². The van der Waals surface area contributed by atoms with Gasteiger partial charge in [0.25, 0.3) is 5.91 Å². The summed E-state index contributed by atoms with van der Waals surface area (Å²) < 4.78 is 7.39. The average molecular weight is 826 g/mol. The van der Waals surface area contributed by atoms with Gasteiger partial charge in [0.05, 0.1) is 49.6 Å². The molecule has 3 aliphatic rings. The molecule has 0 spiro atoms. The minimum Gasteiger partial charge on any atom is -0.508 e. The number of fused-ring (bicyclic) bond motifs is 2. The molecule has 0 radical (unpaired) electrons. The fourth-order valence-electron chi connectivity index (χ4n) is 8.73. The number of nitrogens with zero attached hydrogens (tertiary/aromatic N) is 9. The van der Waals surface area contributed by atoms with Crippen LogP contribution >= 0.6 is 0 Å². The van der Waals surface area contributed by atoms with Gasteiger partial charge in [0.15, 0.2) is 0 Å². The Bertz CT molecular complexity index is 2420. The summed E-state index contributed by atoms with van der Waals surface area (Å²) in [4.78, 5) is 73.6. The number of piperazine rings is 1. The maximum atomic E-state index is 14.8. The molecule has 3 saturated heterocycles. The fourth-order valence-corrected chi connectivity index (χ4v) is 8.73. The molecule has 2 aromatic heterocycles. The zero-order valence-corrected chi connectivity index (χ0v) is 34.6. The number of carbonyl (C=O) groups excluding carboxylic acids is 4. The number of anilines is 1. The van der Waals surface area contributed by atoms with Gasteiger partial charge in [-0.1, -0.05) is 66.7 Å². The number of aromatic hydroxyl groups is 1. The first-order chi connectivity index (χ1) is 29.6. The zero-order valence-electron chi connectivity index (χ0n) is 34.6. The summed E-state index contributed by atoms with van der Waals surface area (Å²) in [5, 5.41) is 14.1. The molecule has 8 rings (SSSR count). The largest absolute Gasteiger partial charge is 0.508 e. The number of para-hydroxylation sites is 1. The number of phenolic OH excluding ortho intramolecular Hbond substituents is 1. The van der Waals surface area contributed by atoms with Gasteiger partial charge in [0, 0.05) is 70.9 Å². The molecule has 61 heavy (non-hydrogen) atoms. The van der Waals surface area contributed by atoms with Crippen LogP contribution in [0.1, 0.15) is 39.2 Å². The van der Waals surface area contributed by atoms with Crippen LogP contribution in [0.4, 0.5) is 5.95 Å². The van der Waals surface area contributed by atoms with Crippen molar-refractivity contribution in [3.05, 3.63) is 132 Å². The van der Waals surface area contributed by atoms with E-state index in [4.69, 9.17) is 9.72 Å². The number of carbonyl (C=O) groups is 4. The van der Waals surface area contributed by atoms with Crippen molar-refractivity contribution >= 4 is 40.5 Å². The summed E-state index contributed by atoms with van der Waals surface area (Å²) in [5.74, 6) is -0.151. The van der Waals surface area contributed by atoms with Crippen LogP contribution in [0.25, 0.3) is 10.9 Å². The lowest BCUT2D eigenvalue weighted by Gasteiger charge is -2.55. The van der Waals surface area contributed by atoms with Crippen LogP contribution in [0, 0.1) is 0 Å². The summed E-state index contributed by atoms with van der Waals surface area (Å²) in [6.07, 6.45) is 5.32. The molecule has 4 amide bonds. The number of phenols is 1. The van der Waals surface area contributed by atoms with Gasteiger partial charge in [-0.25, -0.2) is 20.0 Å². The molecule has 0 saturated carbocycles. The van der Waals surface area contributed by atoms with E-state index in [1.165, 1.54) is 0 Å². The molecule has 5 heterocycles. The molecule has 2 atom stereocenters. The maximum Gasteiger partial charge on any atom is 0.256 e. The summed E-state index contributed by atoms with van der Waals surface area (Å²) in [6.45, 7) is 7.24. The van der Waals surface area contributed by atoms with Crippen molar-refractivity contribution in [2.24, 2.45) is 7.05 Å². The van der Waals surface area contributed by atoms with Gasteiger partial charge in [-0.15, -0.1) is 6.58 Å². The van der Waals surface area contributed by atoms with Crippen molar-refractivity contribution in [3.63, 3.8) is 0 Å². The molecule has 15 nitrogen and oxygen atoms in total. The number of hydrazine groups is 1. The highest BCUT2D eigenvalue weighted by Crippen LogP contribution is 2.32. The number of rotatable bonds is 13. The second kappa shape index (κ2) is 18.0. The Morgan fingerprint density at radius 2 is 1.75 bits per heavy atom. The number of amides is 4. The third-order valence-electron chi connectivity index (χ3n) is 11.7. The molecule has 0 unspecified atom stereocenters. The van der Waals surface area contributed by atoms with E-state index in [0.717, 1.165) is 27.6 Å². The molecule has 15 heteroatoms. The van der Waals surface area contributed by atoms with Crippen LogP contribution in [0.2, 0.25) is 0 Å². The van der Waals surface area contributed by atoms with Crippen LogP contribution in [0.3, 0.4) is 0 Å². The number of aromatic nitrogens is 3. The standard InChI is InChI=1S/C46H51N9O6/c1-4-21-53-31-42(58)54-39(26-33-13-16-36(56)17-14-33)45(60)52(30-40(54)55(53)41(57)18-15-32-9-6-5-7-10-32)27-34-11-8-12-37-38(29-49(2)43(34)37)44(59)50(3)28-35-19-20-47-46(48-35)51-22-24-61-25-23-51/h4-14,16-17,19-20,29,39-40,56H,1,15,18,21-28,30-31H2,2-3H3/t39-,40-/m0/s1. The lowest BCUT2D eigenvalue weighted by molar-refractivity contribution is -0.205. The molecule has 1 N–H and O–H groups in total. The Balaban J connectivity index is 1.09. The average Bonchev–Trinajstić information content (AvgIpc) is 3.62. The van der Waals surface area contributed by atoms with E-state index >= 15 is 0 Å². The van der Waals surface area contributed by atoms with Crippen LogP contribution in [0.15, 0.2) is 104 Å². The van der Waals surface area contributed by atoms with Crippen LogP contribution < -0.4 is 4.90 Å². The van der Waals surface area contributed by atoms with Gasteiger partial charge in [-0.2, -0.15) is 0 Å². The number of benzene rings is 3. The lowest BCUT2D eigenvalue weighted by Crippen LogP contribution is -2.75. The fraction of sp³-hybridized carbons (Fsp3) is 0.348. The van der Waals surface area contributed by atoms with Gasteiger partial charge in [0.1, 0.15) is 18.0 Å². The number of morpholine rings is 1. The molecule has 3 aliphatic heterocycles. The molecule has 0 bridgehead atoms. The highest BCUT2D eigenvalue weighted by molar-refractivity contribution is 6.07. The van der Waals surface area contributed by atoms with Gasteiger partial charge in [-0.3, -0.25) is 19.2 Å². The SMILES string of the molecule is C=CCN1CC(=O)N2[C@@H](Cc3ccc(O)cc3)C(=O)N(Cc3cccc4c(C(=O)N(C)Cc5ccnc(N6CCOCC6)n5)cn(C)c34)C[C@@H]2N1C(=O)CCc1ccccc1. The van der Waals surface area contributed by atoms with E-state index in [1.807, 2.05) is 72.4 Å². The first-order valence-corrected chi connectivity index (χ1v) is 20.7. The minimum atomic E-state index is -0.921. The Labute approximate surface area is 355 Å². The molecular weight excluding hydrogens is 775 g/mol. The predicted octanol–water partition coefficient (Wildman–Crippen LogP) is 3.77. The smallest absolute Gasteiger partial charge is 0.256 e. The summed E-state index contributed by atoms with van der Waals surface area (Å²) in [6, 6.07) is 23.0. The normalized spacial score (nSPS) is 18.4. The summed E-state index contributed by atoms with van der Waals surface area (Å²) in [5.41, 5.74) is 4.62. The molecule has 5 aromatic rings. The van der Waals surface area contributed by atoms with E-state index in [9.17, 15) is 24.3 Å². The van der Waals surface area contributed by atoms with E-state index in [-0.39, 0.29) is 74.9 Å². The minimum absolute atomic E-state index is 0.0715. The highest BCUT2D eigenvalue weighted by Gasteiger charge is 2.51. The van der Waals surface area contributed by atoms with Crippen LogP contribution in [-0.4, -0.2) is 133 Å². The van der Waals surface area contributed by atoms with Gasteiger partial charge in [0.2, 0.25) is 23.7 Å². The summed E-state index contributed by atoms with van der Waals surface area (Å²) >= 11 is 0. The van der Waals surface area contributed by atoms with E-state index in [2.05, 4.69) is 16.5 Å². The van der Waals surface area contributed by atoms with Crippen molar-refractivity contribution in [1.82, 2.24) is 39.3 Å². The monoisotopic (exact) mass is 825 g/mol. The number of ether oxygens (including phenoxy) is 1.